The van der Waals surface area contributed by atoms with Crippen LogP contribution in [0.4, 0.5) is 5.69 Å². The SMILES string of the molecule is O=[N+]([O-])c1c[c]cc2nonc12. The second kappa shape index (κ2) is 2.26. The van der Waals surface area contributed by atoms with E-state index >= 15 is 0 Å². The first kappa shape index (κ1) is 6.71. The number of hydrogen-bond donors (Lipinski definition) is 0. The third-order valence-electron chi connectivity index (χ3n) is 1.39. The number of hydrogen-bond acceptors (Lipinski definition) is 5. The van der Waals surface area contributed by atoms with Crippen molar-refractivity contribution < 1.29 is 9.55 Å². The van der Waals surface area contributed by atoms with Gasteiger partial charge in [-0.1, -0.05) is 0 Å². The molecule has 1 aromatic heterocycles. The van der Waals surface area contributed by atoms with Crippen LogP contribution >= 0.6 is 0 Å². The molecule has 0 atom stereocenters. The van der Waals surface area contributed by atoms with Gasteiger partial charge in [-0.2, -0.15) is 0 Å². The summed E-state index contributed by atoms with van der Waals surface area (Å²) in [6, 6.07) is 5.27. The Bertz CT molecular complexity index is 436. The Morgan fingerprint density at radius 2 is 2.33 bits per heavy atom. The fourth-order valence-electron chi connectivity index (χ4n) is 0.875. The average molecular weight is 164 g/mol. The van der Waals surface area contributed by atoms with Crippen LogP contribution in [0.25, 0.3) is 11.0 Å². The van der Waals surface area contributed by atoms with Crippen molar-refractivity contribution in [3.05, 3.63) is 28.3 Å². The lowest BCUT2D eigenvalue weighted by molar-refractivity contribution is -0.383. The standard InChI is InChI=1S/C6H2N3O3/c10-9(11)5-3-1-2-4-6(5)8-12-7-4/h2-3H. The molecule has 0 spiro atoms. The van der Waals surface area contributed by atoms with Gasteiger partial charge in [0.2, 0.25) is 5.52 Å². The van der Waals surface area contributed by atoms with Crippen molar-refractivity contribution in [2.75, 3.05) is 0 Å². The van der Waals surface area contributed by atoms with Crippen LogP contribution in [0.1, 0.15) is 0 Å². The molecule has 6 nitrogen and oxygen atoms in total. The molecule has 1 heterocycles. The fraction of sp³-hybridized carbons (Fsp3) is 0. The van der Waals surface area contributed by atoms with E-state index in [1.165, 1.54) is 12.1 Å². The van der Waals surface area contributed by atoms with Crippen molar-refractivity contribution in [2.24, 2.45) is 0 Å². The second-order valence-electron chi connectivity index (χ2n) is 2.10. The molecule has 0 amide bonds. The molecule has 0 fully saturated rings. The summed E-state index contributed by atoms with van der Waals surface area (Å²) in [4.78, 5) is 9.84. The summed E-state index contributed by atoms with van der Waals surface area (Å²) in [5, 5.41) is 17.2. The van der Waals surface area contributed by atoms with Crippen molar-refractivity contribution in [2.45, 2.75) is 0 Å². The first-order chi connectivity index (χ1) is 5.79. The maximum absolute atomic E-state index is 10.4. The zero-order valence-electron chi connectivity index (χ0n) is 5.72. The molecule has 1 aromatic carbocycles. The van der Waals surface area contributed by atoms with Gasteiger partial charge in [0.1, 0.15) is 5.52 Å². The first-order valence-electron chi connectivity index (χ1n) is 3.06. The van der Waals surface area contributed by atoms with Crippen LogP contribution in [-0.4, -0.2) is 15.2 Å². The van der Waals surface area contributed by atoms with Gasteiger partial charge in [0.05, 0.1) is 4.92 Å². The van der Waals surface area contributed by atoms with Gasteiger partial charge >= 0.3 is 5.69 Å². The summed E-state index contributed by atoms with van der Waals surface area (Å²) in [6.45, 7) is 0. The predicted molar refractivity (Wildman–Crippen MR) is 37.3 cm³/mol. The molecule has 0 aliphatic heterocycles. The molecule has 0 aliphatic carbocycles. The van der Waals surface area contributed by atoms with Crippen molar-refractivity contribution >= 4 is 16.7 Å². The third-order valence-corrected chi connectivity index (χ3v) is 1.39. The van der Waals surface area contributed by atoms with Gasteiger partial charge in [-0.3, -0.25) is 10.1 Å². The molecular weight excluding hydrogens is 162 g/mol. The molecule has 0 bridgehead atoms. The minimum absolute atomic E-state index is 0.145. The van der Waals surface area contributed by atoms with Crippen molar-refractivity contribution in [1.29, 1.82) is 0 Å². The highest BCUT2D eigenvalue weighted by Gasteiger charge is 2.14. The minimum Gasteiger partial charge on any atom is -0.258 e. The molecule has 0 N–H and O–H groups in total. The minimum atomic E-state index is -0.553. The monoisotopic (exact) mass is 164 g/mol. The van der Waals surface area contributed by atoms with Crippen molar-refractivity contribution in [3.63, 3.8) is 0 Å². The lowest BCUT2D eigenvalue weighted by Gasteiger charge is -1.87. The molecule has 59 valence electrons. The van der Waals surface area contributed by atoms with Gasteiger partial charge in [0.25, 0.3) is 0 Å². The predicted octanol–water partition coefficient (Wildman–Crippen LogP) is 0.931. The Morgan fingerprint density at radius 3 is 3.08 bits per heavy atom. The summed E-state index contributed by atoms with van der Waals surface area (Å²) in [7, 11) is 0. The molecule has 0 unspecified atom stereocenters. The van der Waals surface area contributed by atoms with E-state index in [9.17, 15) is 10.1 Å². The van der Waals surface area contributed by atoms with Gasteiger partial charge in [-0.25, -0.2) is 4.63 Å². The number of fused-ring (bicyclic) bond motifs is 1. The third kappa shape index (κ3) is 0.815. The van der Waals surface area contributed by atoms with Crippen molar-refractivity contribution in [3.8, 4) is 0 Å². The highest BCUT2D eigenvalue weighted by atomic mass is 16.6. The Balaban J connectivity index is 2.82. The lowest BCUT2D eigenvalue weighted by Crippen LogP contribution is -1.88. The van der Waals surface area contributed by atoms with Gasteiger partial charge in [-0.15, -0.1) is 0 Å². The smallest absolute Gasteiger partial charge is 0.258 e. The topological polar surface area (TPSA) is 82.1 Å². The van der Waals surface area contributed by atoms with Gasteiger partial charge in [0, 0.05) is 6.07 Å². The number of aromatic nitrogens is 2. The number of nitro groups is 1. The molecule has 12 heavy (non-hydrogen) atoms. The van der Waals surface area contributed by atoms with E-state index < -0.39 is 4.92 Å². The molecular formula is C6H2N3O3. The zero-order chi connectivity index (χ0) is 8.55. The Hall–Kier alpha value is -1.98. The van der Waals surface area contributed by atoms with E-state index in [1.54, 1.807) is 0 Å². The van der Waals surface area contributed by atoms with Crippen LogP contribution in [0, 0.1) is 16.2 Å². The maximum atomic E-state index is 10.4. The molecule has 0 aliphatic rings. The zero-order valence-corrected chi connectivity index (χ0v) is 5.72. The van der Waals surface area contributed by atoms with Gasteiger partial charge in [-0.05, 0) is 22.4 Å². The Morgan fingerprint density at radius 1 is 1.50 bits per heavy atom. The lowest BCUT2D eigenvalue weighted by atomic mass is 10.3. The summed E-state index contributed by atoms with van der Waals surface area (Å²) in [5.41, 5.74) is 0.344. The molecule has 0 saturated carbocycles. The van der Waals surface area contributed by atoms with E-state index in [2.05, 4.69) is 21.0 Å². The summed E-state index contributed by atoms with van der Waals surface area (Å²) < 4.78 is 4.33. The summed E-state index contributed by atoms with van der Waals surface area (Å²) in [6.07, 6.45) is 0. The van der Waals surface area contributed by atoms with E-state index in [0.29, 0.717) is 5.52 Å². The highest BCUT2D eigenvalue weighted by Crippen LogP contribution is 2.20. The largest absolute Gasteiger partial charge is 0.301 e. The van der Waals surface area contributed by atoms with Crippen LogP contribution in [-0.2, 0) is 0 Å². The van der Waals surface area contributed by atoms with E-state index in [-0.39, 0.29) is 11.2 Å². The van der Waals surface area contributed by atoms with E-state index in [4.69, 9.17) is 0 Å². The Labute approximate surface area is 65.9 Å². The van der Waals surface area contributed by atoms with E-state index in [0.717, 1.165) is 0 Å². The molecule has 2 rings (SSSR count). The average Bonchev–Trinajstić information content (AvgIpc) is 2.49. The van der Waals surface area contributed by atoms with Gasteiger partial charge in [0.15, 0.2) is 0 Å². The quantitative estimate of drug-likeness (QED) is 0.462. The van der Waals surface area contributed by atoms with Crippen LogP contribution in [0.3, 0.4) is 0 Å². The van der Waals surface area contributed by atoms with E-state index in [1.807, 2.05) is 0 Å². The Kier molecular flexibility index (Phi) is 1.26. The van der Waals surface area contributed by atoms with Crippen LogP contribution in [0.15, 0.2) is 16.8 Å². The molecule has 6 heteroatoms. The van der Waals surface area contributed by atoms with Crippen LogP contribution < -0.4 is 0 Å². The molecule has 1 radical (unpaired) electrons. The fourth-order valence-corrected chi connectivity index (χ4v) is 0.875. The maximum Gasteiger partial charge on any atom is 0.301 e. The number of non-ortho nitro benzene ring substituents is 1. The molecule has 2 aromatic rings. The first-order valence-corrected chi connectivity index (χ1v) is 3.06. The number of benzene rings is 1. The van der Waals surface area contributed by atoms with Crippen LogP contribution in [0.5, 0.6) is 0 Å². The number of nitrogens with zero attached hydrogens (tertiary/aromatic N) is 3. The normalized spacial score (nSPS) is 10.3. The van der Waals surface area contributed by atoms with Gasteiger partial charge < -0.3 is 0 Å². The second-order valence-corrected chi connectivity index (χ2v) is 2.10. The molecule has 0 saturated heterocycles. The summed E-state index contributed by atoms with van der Waals surface area (Å²) in [5.74, 6) is 0. The number of nitro benzene ring substituents is 1. The summed E-state index contributed by atoms with van der Waals surface area (Å²) >= 11 is 0. The van der Waals surface area contributed by atoms with Crippen molar-refractivity contribution in [1.82, 2.24) is 10.3 Å². The highest BCUT2D eigenvalue weighted by molar-refractivity contribution is 5.82. The van der Waals surface area contributed by atoms with Crippen LogP contribution in [0.2, 0.25) is 0 Å². The number of rotatable bonds is 1.